The Balaban J connectivity index is 1.80. The fourth-order valence-corrected chi connectivity index (χ4v) is 4.87. The van der Waals surface area contributed by atoms with Gasteiger partial charge in [0, 0.05) is 37.4 Å². The van der Waals surface area contributed by atoms with Crippen molar-refractivity contribution in [3.63, 3.8) is 0 Å². The number of carbonyl (C=O) groups is 2. The van der Waals surface area contributed by atoms with E-state index in [1.165, 1.54) is 17.5 Å². The number of aryl methyl sites for hydroxylation is 1. The SMILES string of the molecule is COC(=O)c1ccc(NC(=O)c2ccc(C)c(S(=O)(=O)N3CCN(C)CC3)c2)cc1. The van der Waals surface area contributed by atoms with Gasteiger partial charge < -0.3 is 15.0 Å². The van der Waals surface area contributed by atoms with Crippen LogP contribution in [0.25, 0.3) is 0 Å². The number of benzene rings is 2. The Kier molecular flexibility index (Phi) is 6.55. The molecule has 1 amide bonds. The van der Waals surface area contributed by atoms with E-state index in [0.717, 1.165) is 0 Å². The molecule has 0 atom stereocenters. The van der Waals surface area contributed by atoms with E-state index in [2.05, 4.69) is 15.0 Å². The maximum atomic E-state index is 13.1. The number of hydrogen-bond acceptors (Lipinski definition) is 6. The number of rotatable bonds is 5. The Morgan fingerprint density at radius 1 is 0.967 bits per heavy atom. The second kappa shape index (κ2) is 8.95. The summed E-state index contributed by atoms with van der Waals surface area (Å²) in [6.07, 6.45) is 0. The molecule has 1 saturated heterocycles. The van der Waals surface area contributed by atoms with Crippen LogP contribution in [-0.4, -0.2) is 69.8 Å². The molecule has 8 nitrogen and oxygen atoms in total. The zero-order chi connectivity index (χ0) is 21.9. The number of esters is 1. The number of carbonyl (C=O) groups excluding carboxylic acids is 2. The van der Waals surface area contributed by atoms with Gasteiger partial charge in [0.15, 0.2) is 0 Å². The summed E-state index contributed by atoms with van der Waals surface area (Å²) in [6.45, 7) is 3.89. The fourth-order valence-electron chi connectivity index (χ4n) is 3.20. The highest BCUT2D eigenvalue weighted by Gasteiger charge is 2.29. The number of amides is 1. The first kappa shape index (κ1) is 21.9. The molecular formula is C21H25N3O5S. The van der Waals surface area contributed by atoms with Gasteiger partial charge in [0.1, 0.15) is 0 Å². The number of hydrogen-bond donors (Lipinski definition) is 1. The van der Waals surface area contributed by atoms with Gasteiger partial charge >= 0.3 is 5.97 Å². The summed E-state index contributed by atoms with van der Waals surface area (Å²) >= 11 is 0. The van der Waals surface area contributed by atoms with Gasteiger partial charge in [-0.1, -0.05) is 6.07 Å². The first-order valence-electron chi connectivity index (χ1n) is 9.51. The van der Waals surface area contributed by atoms with Crippen LogP contribution in [0.3, 0.4) is 0 Å². The Morgan fingerprint density at radius 2 is 1.57 bits per heavy atom. The van der Waals surface area contributed by atoms with Gasteiger partial charge in [-0.2, -0.15) is 4.31 Å². The maximum Gasteiger partial charge on any atom is 0.337 e. The molecule has 9 heteroatoms. The number of nitrogens with one attached hydrogen (secondary N) is 1. The molecule has 1 aliphatic heterocycles. The number of ether oxygens (including phenoxy) is 1. The van der Waals surface area contributed by atoms with Crippen molar-refractivity contribution < 1.29 is 22.7 Å². The van der Waals surface area contributed by atoms with Crippen molar-refractivity contribution in [2.75, 3.05) is 45.7 Å². The van der Waals surface area contributed by atoms with Gasteiger partial charge in [-0.05, 0) is 55.9 Å². The van der Waals surface area contributed by atoms with Crippen molar-refractivity contribution in [3.05, 3.63) is 59.2 Å². The lowest BCUT2D eigenvalue weighted by Gasteiger charge is -2.32. The summed E-state index contributed by atoms with van der Waals surface area (Å²) in [5.41, 5.74) is 1.68. The lowest BCUT2D eigenvalue weighted by Crippen LogP contribution is -2.47. The summed E-state index contributed by atoms with van der Waals surface area (Å²) in [6, 6.07) is 10.9. The molecule has 0 unspecified atom stereocenters. The molecule has 0 radical (unpaired) electrons. The molecule has 0 bridgehead atoms. The minimum atomic E-state index is -3.69. The summed E-state index contributed by atoms with van der Waals surface area (Å²) in [5, 5.41) is 2.72. The number of piperazine rings is 1. The molecular weight excluding hydrogens is 406 g/mol. The number of methoxy groups -OCH3 is 1. The largest absolute Gasteiger partial charge is 0.465 e. The third kappa shape index (κ3) is 4.69. The Morgan fingerprint density at radius 3 is 2.17 bits per heavy atom. The molecule has 160 valence electrons. The molecule has 1 fully saturated rings. The van der Waals surface area contributed by atoms with E-state index < -0.39 is 21.9 Å². The monoisotopic (exact) mass is 431 g/mol. The van der Waals surface area contributed by atoms with Crippen LogP contribution in [0, 0.1) is 6.92 Å². The van der Waals surface area contributed by atoms with Crippen LogP contribution in [0.4, 0.5) is 5.69 Å². The average molecular weight is 432 g/mol. The second-order valence-electron chi connectivity index (χ2n) is 7.21. The Labute approximate surface area is 176 Å². The molecule has 0 aromatic heterocycles. The standard InChI is InChI=1S/C21H25N3O5S/c1-15-4-5-17(14-19(15)30(27,28)24-12-10-23(2)11-13-24)20(25)22-18-8-6-16(7-9-18)21(26)29-3/h4-9,14H,10-13H2,1-3H3,(H,22,25). The summed E-state index contributed by atoms with van der Waals surface area (Å²) in [4.78, 5) is 26.4. The van der Waals surface area contributed by atoms with Crippen molar-refractivity contribution in [1.82, 2.24) is 9.21 Å². The third-order valence-corrected chi connectivity index (χ3v) is 7.13. The molecule has 2 aromatic rings. The smallest absolute Gasteiger partial charge is 0.337 e. The topological polar surface area (TPSA) is 96.0 Å². The predicted molar refractivity (Wildman–Crippen MR) is 113 cm³/mol. The highest BCUT2D eigenvalue weighted by atomic mass is 32.2. The number of sulfonamides is 1. The zero-order valence-corrected chi connectivity index (χ0v) is 18.0. The molecule has 0 aliphatic carbocycles. The summed E-state index contributed by atoms with van der Waals surface area (Å²) in [5.74, 6) is -0.902. The molecule has 1 aliphatic rings. The van der Waals surface area contributed by atoms with Gasteiger partial charge in [0.25, 0.3) is 5.91 Å². The normalized spacial score (nSPS) is 15.6. The maximum absolute atomic E-state index is 13.1. The summed E-state index contributed by atoms with van der Waals surface area (Å²) in [7, 11) is -0.437. The Bertz CT molecular complexity index is 1040. The van der Waals surface area contributed by atoms with E-state index in [0.29, 0.717) is 43.0 Å². The van der Waals surface area contributed by atoms with Crippen molar-refractivity contribution in [2.45, 2.75) is 11.8 Å². The number of likely N-dealkylation sites (N-methyl/N-ethyl adjacent to an activating group) is 1. The molecule has 0 saturated carbocycles. The van der Waals surface area contributed by atoms with E-state index in [-0.39, 0.29) is 10.5 Å². The van der Waals surface area contributed by atoms with E-state index >= 15 is 0 Å². The lowest BCUT2D eigenvalue weighted by molar-refractivity contribution is 0.0600. The van der Waals surface area contributed by atoms with Crippen LogP contribution in [0.1, 0.15) is 26.3 Å². The van der Waals surface area contributed by atoms with Crippen molar-refractivity contribution >= 4 is 27.6 Å². The van der Waals surface area contributed by atoms with E-state index in [1.807, 2.05) is 7.05 Å². The molecule has 1 heterocycles. The van der Waals surface area contributed by atoms with Crippen LogP contribution in [0.2, 0.25) is 0 Å². The zero-order valence-electron chi connectivity index (χ0n) is 17.2. The van der Waals surface area contributed by atoms with E-state index in [9.17, 15) is 18.0 Å². The predicted octanol–water partition coefficient (Wildman–Crippen LogP) is 1.97. The molecule has 3 rings (SSSR count). The fraction of sp³-hybridized carbons (Fsp3) is 0.333. The number of nitrogens with zero attached hydrogens (tertiary/aromatic N) is 2. The van der Waals surface area contributed by atoms with Gasteiger partial charge in [-0.3, -0.25) is 4.79 Å². The minimum absolute atomic E-state index is 0.140. The van der Waals surface area contributed by atoms with Crippen molar-refractivity contribution in [1.29, 1.82) is 0 Å². The minimum Gasteiger partial charge on any atom is -0.465 e. The first-order valence-corrected chi connectivity index (χ1v) is 11.0. The lowest BCUT2D eigenvalue weighted by atomic mass is 10.1. The van der Waals surface area contributed by atoms with Crippen LogP contribution >= 0.6 is 0 Å². The number of anilines is 1. The van der Waals surface area contributed by atoms with Gasteiger partial charge in [-0.25, -0.2) is 13.2 Å². The van der Waals surface area contributed by atoms with Crippen LogP contribution in [0.15, 0.2) is 47.4 Å². The van der Waals surface area contributed by atoms with Crippen LogP contribution < -0.4 is 5.32 Å². The highest BCUT2D eigenvalue weighted by Crippen LogP contribution is 2.23. The van der Waals surface area contributed by atoms with Gasteiger partial charge in [0.05, 0.1) is 17.6 Å². The molecule has 30 heavy (non-hydrogen) atoms. The van der Waals surface area contributed by atoms with E-state index in [1.54, 1.807) is 43.3 Å². The van der Waals surface area contributed by atoms with Gasteiger partial charge in [-0.15, -0.1) is 0 Å². The molecule has 1 N–H and O–H groups in total. The first-order chi connectivity index (χ1) is 14.2. The van der Waals surface area contributed by atoms with Crippen molar-refractivity contribution in [2.24, 2.45) is 0 Å². The van der Waals surface area contributed by atoms with Crippen LogP contribution in [-0.2, 0) is 14.8 Å². The Hall–Kier alpha value is -2.75. The average Bonchev–Trinajstić information content (AvgIpc) is 2.74. The highest BCUT2D eigenvalue weighted by molar-refractivity contribution is 7.89. The molecule has 2 aromatic carbocycles. The quantitative estimate of drug-likeness (QED) is 0.728. The third-order valence-electron chi connectivity index (χ3n) is 5.09. The second-order valence-corrected chi connectivity index (χ2v) is 9.12. The summed E-state index contributed by atoms with van der Waals surface area (Å²) < 4.78 is 32.3. The van der Waals surface area contributed by atoms with Crippen molar-refractivity contribution in [3.8, 4) is 0 Å². The van der Waals surface area contributed by atoms with Crippen LogP contribution in [0.5, 0.6) is 0 Å². The van der Waals surface area contributed by atoms with Gasteiger partial charge in [0.2, 0.25) is 10.0 Å². The molecule has 0 spiro atoms. The van der Waals surface area contributed by atoms with E-state index in [4.69, 9.17) is 0 Å².